The predicted molar refractivity (Wildman–Crippen MR) is 281 cm³/mol. The number of hydrogen-bond donors (Lipinski definition) is 14. The van der Waals surface area contributed by atoms with Crippen molar-refractivity contribution in [1.29, 1.82) is 0 Å². The zero-order chi connectivity index (χ0) is 58.2. The van der Waals surface area contributed by atoms with Crippen LogP contribution in [0.4, 0.5) is 0 Å². The standard InChI is InChI=1S/C50H77N11O16S/c1-27(2)23-33(45(72)59-41(28(3)62)50(77)61-22-9-14-36(61)47(74)53-25-40(67)68)56-44(71)34(24-29-11-5-4-6-12-29)57-43(70)31(16-18-38(63)64)54-46(73)35(26-78)58-48(75)37-15-10-21-60(37)49(76)32(17-19-39(65)66)55-42(69)30(52)13-7-8-20-51/h4-6,11-12,27-28,30-37,41,62,78H,7-10,13-26,51-52H2,1-3H3,(H,53,74)(H,54,73)(H,55,69)(H,56,71)(H,57,70)(H,58,75)(H,59,72)(H,63,64)(H,65,66)(H,67,68)/t28-,30+,31+,32+,33+,34+,35+,36+,37+,41+/m1/s1. The van der Waals surface area contributed by atoms with Crippen molar-refractivity contribution >= 4 is 83.7 Å². The first-order valence-corrected chi connectivity index (χ1v) is 26.7. The molecule has 1 aromatic rings. The lowest BCUT2D eigenvalue weighted by molar-refractivity contribution is -0.145. The molecule has 10 atom stereocenters. The maximum atomic E-state index is 14.4. The summed E-state index contributed by atoms with van der Waals surface area (Å²) in [5.74, 6) is -12.3. The third-order valence-corrected chi connectivity index (χ3v) is 13.4. The number of carboxylic acids is 3. The molecular weight excluding hydrogens is 1040 g/mol. The van der Waals surface area contributed by atoms with E-state index in [2.05, 4.69) is 49.8 Å². The van der Waals surface area contributed by atoms with E-state index < -0.39 is 157 Å². The molecule has 0 bridgehead atoms. The zero-order valence-corrected chi connectivity index (χ0v) is 45.0. The second-order valence-electron chi connectivity index (χ2n) is 19.8. The highest BCUT2D eigenvalue weighted by molar-refractivity contribution is 7.80. The molecule has 9 amide bonds. The number of aliphatic hydroxyl groups excluding tert-OH is 1. The average molecular weight is 1120 g/mol. The fourth-order valence-corrected chi connectivity index (χ4v) is 9.19. The number of likely N-dealkylation sites (tertiary alicyclic amines) is 2. The first-order valence-electron chi connectivity index (χ1n) is 26.0. The first-order chi connectivity index (χ1) is 36.9. The number of nitrogens with zero attached hydrogens (tertiary/aromatic N) is 2. The van der Waals surface area contributed by atoms with E-state index in [1.54, 1.807) is 44.2 Å². The molecule has 0 unspecified atom stereocenters. The molecular formula is C50H77N11O16S. The van der Waals surface area contributed by atoms with Crippen LogP contribution in [0.1, 0.15) is 103 Å². The smallest absolute Gasteiger partial charge is 0.322 e. The Labute approximate surface area is 457 Å². The lowest BCUT2D eigenvalue weighted by atomic mass is 10.00. The third kappa shape index (κ3) is 21.1. The van der Waals surface area contributed by atoms with Gasteiger partial charge in [-0.1, -0.05) is 50.6 Å². The first kappa shape index (κ1) is 65.4. The Morgan fingerprint density at radius 1 is 0.615 bits per heavy atom. The summed E-state index contributed by atoms with van der Waals surface area (Å²) in [7, 11) is 0. The van der Waals surface area contributed by atoms with Crippen molar-refractivity contribution in [3.05, 3.63) is 35.9 Å². The van der Waals surface area contributed by atoms with Gasteiger partial charge in [-0.3, -0.25) is 57.5 Å². The Morgan fingerprint density at radius 3 is 1.68 bits per heavy atom. The number of carboxylic acid groups (broad SMARTS) is 3. The molecule has 0 spiro atoms. The molecule has 0 aromatic heterocycles. The molecule has 434 valence electrons. The second-order valence-corrected chi connectivity index (χ2v) is 20.1. The molecule has 28 heteroatoms. The van der Waals surface area contributed by atoms with Gasteiger partial charge in [-0.2, -0.15) is 12.6 Å². The van der Waals surface area contributed by atoms with E-state index in [1.807, 2.05) is 0 Å². The monoisotopic (exact) mass is 1120 g/mol. The highest BCUT2D eigenvalue weighted by Gasteiger charge is 2.42. The van der Waals surface area contributed by atoms with E-state index in [9.17, 15) is 72.9 Å². The number of rotatable bonds is 33. The van der Waals surface area contributed by atoms with Gasteiger partial charge >= 0.3 is 17.9 Å². The van der Waals surface area contributed by atoms with Gasteiger partial charge in [0.2, 0.25) is 53.2 Å². The largest absolute Gasteiger partial charge is 0.481 e. The Morgan fingerprint density at radius 2 is 1.13 bits per heavy atom. The summed E-state index contributed by atoms with van der Waals surface area (Å²) >= 11 is 4.23. The number of aliphatic carboxylic acids is 3. The van der Waals surface area contributed by atoms with Gasteiger partial charge in [0.05, 0.1) is 12.1 Å². The van der Waals surface area contributed by atoms with E-state index in [1.165, 1.54) is 6.92 Å². The van der Waals surface area contributed by atoms with Crippen LogP contribution in [0.5, 0.6) is 0 Å². The van der Waals surface area contributed by atoms with E-state index in [-0.39, 0.29) is 63.3 Å². The minimum Gasteiger partial charge on any atom is -0.481 e. The van der Waals surface area contributed by atoms with E-state index in [0.717, 1.165) is 9.80 Å². The zero-order valence-electron chi connectivity index (χ0n) is 44.1. The number of carbonyl (C=O) groups is 12. The number of carbonyl (C=O) groups excluding carboxylic acids is 9. The number of thiol groups is 1. The summed E-state index contributed by atoms with van der Waals surface area (Å²) < 4.78 is 0. The van der Waals surface area contributed by atoms with Gasteiger partial charge in [0.1, 0.15) is 54.9 Å². The number of nitrogens with one attached hydrogen (secondary N) is 7. The molecule has 2 fully saturated rings. The number of benzene rings is 1. The SMILES string of the molecule is CC(C)C[C@H](NC(=O)[C@H](Cc1ccccc1)NC(=O)[C@H](CCC(=O)O)NC(=O)[C@H](CS)NC(=O)[C@@H]1CCCN1C(=O)[C@H](CCC(=O)O)NC(=O)[C@@H](N)CCCCN)C(=O)N[C@H](C(=O)N1CCC[C@H]1C(=O)NCC(=O)O)[C@@H](C)O. The summed E-state index contributed by atoms with van der Waals surface area (Å²) in [4.78, 5) is 161. The van der Waals surface area contributed by atoms with Gasteiger partial charge in [-0.25, -0.2) is 0 Å². The average Bonchev–Trinajstić information content (AvgIpc) is 4.10. The molecule has 15 N–H and O–H groups in total. The highest BCUT2D eigenvalue weighted by atomic mass is 32.1. The number of amides is 9. The van der Waals surface area contributed by atoms with Crippen molar-refractivity contribution in [2.75, 3.05) is 31.9 Å². The van der Waals surface area contributed by atoms with Crippen LogP contribution in [0.15, 0.2) is 30.3 Å². The number of hydrogen-bond acceptors (Lipinski definition) is 16. The summed E-state index contributed by atoms with van der Waals surface area (Å²) in [6.07, 6.45) is -1.38. The van der Waals surface area contributed by atoms with Crippen LogP contribution in [-0.2, 0) is 64.0 Å². The molecule has 27 nitrogen and oxygen atoms in total. The Hall–Kier alpha value is -6.91. The summed E-state index contributed by atoms with van der Waals surface area (Å²) in [6, 6.07) is -4.02. The molecule has 2 saturated heterocycles. The van der Waals surface area contributed by atoms with Crippen LogP contribution in [-0.4, -0.2) is 194 Å². The van der Waals surface area contributed by atoms with Crippen LogP contribution in [0.2, 0.25) is 0 Å². The molecule has 0 radical (unpaired) electrons. The van der Waals surface area contributed by atoms with Gasteiger partial charge in [0, 0.05) is 38.1 Å². The van der Waals surface area contributed by atoms with Crippen LogP contribution >= 0.6 is 12.6 Å². The van der Waals surface area contributed by atoms with Crippen molar-refractivity contribution in [2.45, 2.75) is 165 Å². The van der Waals surface area contributed by atoms with E-state index in [0.29, 0.717) is 37.8 Å². The molecule has 78 heavy (non-hydrogen) atoms. The fraction of sp³-hybridized carbons (Fsp3) is 0.640. The molecule has 3 rings (SSSR count). The van der Waals surface area contributed by atoms with Crippen molar-refractivity contribution in [1.82, 2.24) is 47.0 Å². The molecule has 1 aromatic carbocycles. The summed E-state index contributed by atoms with van der Waals surface area (Å²) in [5, 5.41) is 56.2. The van der Waals surface area contributed by atoms with Gasteiger partial charge in [-0.05, 0) is 82.7 Å². The van der Waals surface area contributed by atoms with Crippen molar-refractivity contribution in [3.8, 4) is 0 Å². The molecule has 0 saturated carbocycles. The van der Waals surface area contributed by atoms with Crippen molar-refractivity contribution in [3.63, 3.8) is 0 Å². The normalized spacial score (nSPS) is 18.2. The summed E-state index contributed by atoms with van der Waals surface area (Å²) in [6.45, 7) is 4.49. The number of aliphatic hydroxyl groups is 1. The minimum absolute atomic E-state index is 0.0261. The topological polar surface area (TPSA) is 428 Å². The second kappa shape index (κ2) is 32.7. The molecule has 0 aliphatic carbocycles. The minimum atomic E-state index is -1.66. The predicted octanol–water partition coefficient (Wildman–Crippen LogP) is -3.14. The Balaban J connectivity index is 1.84. The third-order valence-electron chi connectivity index (χ3n) is 13.1. The Bertz CT molecular complexity index is 2280. The van der Waals surface area contributed by atoms with Crippen molar-refractivity contribution in [2.24, 2.45) is 17.4 Å². The number of nitrogens with two attached hydrogens (primary N) is 2. The quantitative estimate of drug-likeness (QED) is 0.0244. The maximum Gasteiger partial charge on any atom is 0.322 e. The van der Waals surface area contributed by atoms with Crippen molar-refractivity contribution < 1.29 is 78.0 Å². The molecule has 2 aliphatic rings. The fourth-order valence-electron chi connectivity index (χ4n) is 8.93. The van der Waals surface area contributed by atoms with Gasteiger partial charge < -0.3 is 78.9 Å². The van der Waals surface area contributed by atoms with Crippen LogP contribution < -0.4 is 48.7 Å². The highest BCUT2D eigenvalue weighted by Crippen LogP contribution is 2.22. The maximum absolute atomic E-state index is 14.4. The van der Waals surface area contributed by atoms with E-state index in [4.69, 9.17) is 16.6 Å². The van der Waals surface area contributed by atoms with Crippen LogP contribution in [0.25, 0.3) is 0 Å². The Kier molecular flexibility index (Phi) is 27.4. The molecule has 2 heterocycles. The van der Waals surface area contributed by atoms with Gasteiger partial charge in [0.25, 0.3) is 0 Å². The van der Waals surface area contributed by atoms with Gasteiger partial charge in [0.15, 0.2) is 0 Å². The van der Waals surface area contributed by atoms with Crippen LogP contribution in [0.3, 0.4) is 0 Å². The van der Waals surface area contributed by atoms with Crippen LogP contribution in [0, 0.1) is 5.92 Å². The van der Waals surface area contributed by atoms with E-state index >= 15 is 0 Å². The lowest BCUT2D eigenvalue weighted by Crippen LogP contribution is -2.62. The van der Waals surface area contributed by atoms with Gasteiger partial charge in [-0.15, -0.1) is 0 Å². The summed E-state index contributed by atoms with van der Waals surface area (Å²) in [5.41, 5.74) is 12.1. The molecule has 2 aliphatic heterocycles. The number of unbranched alkanes of at least 4 members (excludes halogenated alkanes) is 1. The lowest BCUT2D eigenvalue weighted by Gasteiger charge is -2.31.